The predicted octanol–water partition coefficient (Wildman–Crippen LogP) is 2.71. The molecule has 6 nitrogen and oxygen atoms in total. The quantitative estimate of drug-likeness (QED) is 0.854. The Morgan fingerprint density at radius 1 is 1.45 bits per heavy atom. The van der Waals surface area contributed by atoms with Gasteiger partial charge in [0.25, 0.3) is 10.0 Å². The second-order valence-electron chi connectivity index (χ2n) is 3.85. The SMILES string of the molecule is Cc1csc(NS(=O)(=O)c2ccc(C(=O)O)cc2Br)n1. The third kappa shape index (κ3) is 3.17. The first kappa shape index (κ1) is 14.9. The van der Waals surface area contributed by atoms with Crippen LogP contribution in [0.2, 0.25) is 0 Å². The third-order valence-corrected chi connectivity index (χ3v) is 5.63. The number of carboxylic acid groups (broad SMARTS) is 1. The number of aromatic carboxylic acids is 1. The number of halogens is 1. The average Bonchev–Trinajstić information content (AvgIpc) is 2.73. The predicted molar refractivity (Wildman–Crippen MR) is 78.8 cm³/mol. The summed E-state index contributed by atoms with van der Waals surface area (Å²) in [7, 11) is -3.82. The number of aryl methyl sites for hydroxylation is 1. The number of hydrogen-bond donors (Lipinski definition) is 2. The second-order valence-corrected chi connectivity index (χ2v) is 7.21. The molecule has 1 aromatic carbocycles. The lowest BCUT2D eigenvalue weighted by molar-refractivity contribution is 0.0696. The van der Waals surface area contributed by atoms with E-state index in [2.05, 4.69) is 25.6 Å². The van der Waals surface area contributed by atoms with Crippen LogP contribution in [0.5, 0.6) is 0 Å². The number of benzene rings is 1. The van der Waals surface area contributed by atoms with Crippen LogP contribution in [0.25, 0.3) is 0 Å². The van der Waals surface area contributed by atoms with Crippen molar-refractivity contribution in [2.45, 2.75) is 11.8 Å². The van der Waals surface area contributed by atoms with Crippen LogP contribution >= 0.6 is 27.3 Å². The lowest BCUT2D eigenvalue weighted by atomic mass is 10.2. The maximum atomic E-state index is 12.2. The Kier molecular flexibility index (Phi) is 4.11. The van der Waals surface area contributed by atoms with Crippen LogP contribution in [0, 0.1) is 6.92 Å². The maximum Gasteiger partial charge on any atom is 0.335 e. The number of sulfonamides is 1. The number of carboxylic acids is 1. The van der Waals surface area contributed by atoms with Crippen LogP contribution in [-0.4, -0.2) is 24.5 Å². The molecule has 2 rings (SSSR count). The number of aromatic nitrogens is 1. The molecule has 2 aromatic rings. The fourth-order valence-corrected chi connectivity index (χ4v) is 4.44. The molecule has 1 heterocycles. The fraction of sp³-hybridized carbons (Fsp3) is 0.0909. The lowest BCUT2D eigenvalue weighted by Crippen LogP contribution is -2.14. The number of nitrogens with one attached hydrogen (secondary N) is 1. The molecule has 2 N–H and O–H groups in total. The lowest BCUT2D eigenvalue weighted by Gasteiger charge is -2.07. The minimum absolute atomic E-state index is 0.000850. The monoisotopic (exact) mass is 376 g/mol. The van der Waals surface area contributed by atoms with E-state index < -0.39 is 16.0 Å². The summed E-state index contributed by atoms with van der Waals surface area (Å²) in [6, 6.07) is 3.70. The molecule has 0 amide bonds. The molecule has 0 bridgehead atoms. The van der Waals surface area contributed by atoms with Gasteiger partial charge in [-0.2, -0.15) is 0 Å². The molecule has 0 saturated carbocycles. The van der Waals surface area contributed by atoms with Crippen LogP contribution in [-0.2, 0) is 10.0 Å². The summed E-state index contributed by atoms with van der Waals surface area (Å²) in [4.78, 5) is 14.8. The van der Waals surface area contributed by atoms with Crippen LogP contribution in [0.1, 0.15) is 16.1 Å². The summed E-state index contributed by atoms with van der Waals surface area (Å²) in [5, 5.41) is 10.8. The van der Waals surface area contributed by atoms with E-state index >= 15 is 0 Å². The summed E-state index contributed by atoms with van der Waals surface area (Å²) >= 11 is 4.24. The molecule has 0 spiro atoms. The molecule has 106 valence electrons. The van der Waals surface area contributed by atoms with Crippen LogP contribution in [0.15, 0.2) is 32.9 Å². The Morgan fingerprint density at radius 3 is 2.65 bits per heavy atom. The molecule has 0 atom stereocenters. The van der Waals surface area contributed by atoms with E-state index in [1.54, 1.807) is 12.3 Å². The van der Waals surface area contributed by atoms with E-state index in [1.807, 2.05) is 0 Å². The molecular formula is C11H9BrN2O4S2. The molecule has 0 fully saturated rings. The van der Waals surface area contributed by atoms with E-state index in [4.69, 9.17) is 5.11 Å². The summed E-state index contributed by atoms with van der Waals surface area (Å²) < 4.78 is 26.9. The summed E-state index contributed by atoms with van der Waals surface area (Å²) in [5.41, 5.74) is 0.717. The van der Waals surface area contributed by atoms with Gasteiger partial charge in [-0.1, -0.05) is 0 Å². The van der Waals surface area contributed by atoms with Gasteiger partial charge in [-0.15, -0.1) is 11.3 Å². The van der Waals surface area contributed by atoms with Gasteiger partial charge < -0.3 is 5.11 Å². The zero-order chi connectivity index (χ0) is 14.9. The Hall–Kier alpha value is -1.45. The third-order valence-electron chi connectivity index (χ3n) is 2.31. The number of anilines is 1. The van der Waals surface area contributed by atoms with Gasteiger partial charge >= 0.3 is 5.97 Å². The zero-order valence-corrected chi connectivity index (χ0v) is 13.3. The van der Waals surface area contributed by atoms with E-state index in [0.717, 1.165) is 0 Å². The molecule has 9 heteroatoms. The minimum Gasteiger partial charge on any atom is -0.478 e. The molecule has 0 saturated heterocycles. The number of rotatable bonds is 4. The summed E-state index contributed by atoms with van der Waals surface area (Å²) in [5.74, 6) is -1.13. The normalized spacial score (nSPS) is 11.3. The van der Waals surface area contributed by atoms with Gasteiger partial charge in [0.1, 0.15) is 4.90 Å². The van der Waals surface area contributed by atoms with E-state index in [-0.39, 0.29) is 20.1 Å². The molecule has 0 aliphatic heterocycles. The minimum atomic E-state index is -3.82. The number of hydrogen-bond acceptors (Lipinski definition) is 5. The topological polar surface area (TPSA) is 96.4 Å². The van der Waals surface area contributed by atoms with E-state index in [1.165, 1.54) is 29.5 Å². The van der Waals surface area contributed by atoms with Crippen LogP contribution < -0.4 is 4.72 Å². The molecule has 0 unspecified atom stereocenters. The molecular weight excluding hydrogens is 368 g/mol. The molecule has 0 aliphatic carbocycles. The van der Waals surface area contributed by atoms with Crippen molar-refractivity contribution in [2.75, 3.05) is 4.72 Å². The zero-order valence-electron chi connectivity index (χ0n) is 10.1. The standard InChI is InChI=1S/C11H9BrN2O4S2/c1-6-5-19-11(13-6)14-20(17,18)9-3-2-7(10(15)16)4-8(9)12/h2-5H,1H3,(H,13,14)(H,15,16). The van der Waals surface area contributed by atoms with Crippen molar-refractivity contribution in [3.05, 3.63) is 39.3 Å². The largest absolute Gasteiger partial charge is 0.478 e. The van der Waals surface area contributed by atoms with Gasteiger partial charge in [0.15, 0.2) is 5.13 Å². The second kappa shape index (κ2) is 5.51. The van der Waals surface area contributed by atoms with Crippen LogP contribution in [0.3, 0.4) is 0 Å². The first-order valence-electron chi connectivity index (χ1n) is 5.27. The van der Waals surface area contributed by atoms with Crippen molar-refractivity contribution >= 4 is 48.4 Å². The van der Waals surface area contributed by atoms with E-state index in [0.29, 0.717) is 5.69 Å². The highest BCUT2D eigenvalue weighted by Crippen LogP contribution is 2.26. The van der Waals surface area contributed by atoms with E-state index in [9.17, 15) is 13.2 Å². The Labute approximate surface area is 127 Å². The average molecular weight is 377 g/mol. The van der Waals surface area contributed by atoms with Crippen molar-refractivity contribution < 1.29 is 18.3 Å². The van der Waals surface area contributed by atoms with Crippen molar-refractivity contribution in [2.24, 2.45) is 0 Å². The Morgan fingerprint density at radius 2 is 2.15 bits per heavy atom. The van der Waals surface area contributed by atoms with Gasteiger partial charge in [-0.25, -0.2) is 18.2 Å². The number of nitrogens with zero attached hydrogens (tertiary/aromatic N) is 1. The number of carbonyl (C=O) groups is 1. The first-order chi connectivity index (χ1) is 9.29. The van der Waals surface area contributed by atoms with Crippen molar-refractivity contribution in [3.63, 3.8) is 0 Å². The Balaban J connectivity index is 2.37. The first-order valence-corrected chi connectivity index (χ1v) is 8.43. The molecule has 1 aromatic heterocycles. The van der Waals surface area contributed by atoms with Gasteiger partial charge in [-0.05, 0) is 41.1 Å². The Bertz CT molecular complexity index is 770. The van der Waals surface area contributed by atoms with Gasteiger partial charge in [0.2, 0.25) is 0 Å². The molecule has 20 heavy (non-hydrogen) atoms. The highest BCUT2D eigenvalue weighted by molar-refractivity contribution is 9.10. The smallest absolute Gasteiger partial charge is 0.335 e. The summed E-state index contributed by atoms with van der Waals surface area (Å²) in [6.45, 7) is 1.76. The number of thiazole rings is 1. The van der Waals surface area contributed by atoms with Crippen molar-refractivity contribution in [1.82, 2.24) is 4.98 Å². The van der Waals surface area contributed by atoms with Crippen LogP contribution in [0.4, 0.5) is 5.13 Å². The molecule has 0 aliphatic rings. The highest BCUT2D eigenvalue weighted by Gasteiger charge is 2.20. The fourth-order valence-electron chi connectivity index (χ4n) is 1.42. The maximum absolute atomic E-state index is 12.2. The van der Waals surface area contributed by atoms with Crippen molar-refractivity contribution in [1.29, 1.82) is 0 Å². The summed E-state index contributed by atoms with van der Waals surface area (Å²) in [6.07, 6.45) is 0. The van der Waals surface area contributed by atoms with Gasteiger partial charge in [-0.3, -0.25) is 4.72 Å². The van der Waals surface area contributed by atoms with Gasteiger partial charge in [0, 0.05) is 9.85 Å². The van der Waals surface area contributed by atoms with Gasteiger partial charge in [0.05, 0.1) is 11.3 Å². The highest BCUT2D eigenvalue weighted by atomic mass is 79.9. The van der Waals surface area contributed by atoms with Crippen molar-refractivity contribution in [3.8, 4) is 0 Å². The molecule has 0 radical (unpaired) electrons.